The van der Waals surface area contributed by atoms with Gasteiger partial charge in [-0.1, -0.05) is 12.1 Å². The van der Waals surface area contributed by atoms with Crippen LogP contribution in [0.3, 0.4) is 0 Å². The summed E-state index contributed by atoms with van der Waals surface area (Å²) in [4.78, 5) is 0. The molecule has 0 aliphatic carbocycles. The van der Waals surface area contributed by atoms with Crippen molar-refractivity contribution in [3.05, 3.63) is 40.2 Å². The summed E-state index contributed by atoms with van der Waals surface area (Å²) < 4.78 is 10.8. The average Bonchev–Trinajstić information content (AvgIpc) is 2.48. The van der Waals surface area contributed by atoms with Crippen LogP contribution in [0, 0.1) is 0 Å². The highest BCUT2D eigenvalue weighted by Gasteiger charge is 2.24. The number of nitrogen functional groups attached to an aromatic ring is 1. The molecule has 1 aromatic rings. The van der Waals surface area contributed by atoms with E-state index in [0.29, 0.717) is 27.5 Å². The number of hydrogen-bond donors (Lipinski definition) is 3. The Labute approximate surface area is 124 Å². The number of hydrazine groups is 1. The molecule has 1 atom stereocenters. The fraction of sp³-hybridized carbons (Fsp3) is 0.250. The standard InChI is InChI=1S/C12H15BrN4O3/c1-19-9-6-10(20-2)16-17(15-9)12(18)7-4-3-5-8(13)11(7)14/h3-6,12,15,18H,14H2,1-2H3. The first-order valence-electron chi connectivity index (χ1n) is 5.73. The van der Waals surface area contributed by atoms with E-state index in [4.69, 9.17) is 15.2 Å². The molecule has 1 aliphatic heterocycles. The maximum Gasteiger partial charge on any atom is 0.238 e. The molecular weight excluding hydrogens is 328 g/mol. The molecule has 0 bridgehead atoms. The zero-order chi connectivity index (χ0) is 14.7. The molecule has 0 spiro atoms. The van der Waals surface area contributed by atoms with E-state index in [-0.39, 0.29) is 0 Å². The number of hydrogen-bond acceptors (Lipinski definition) is 7. The van der Waals surface area contributed by atoms with Gasteiger partial charge in [-0.15, -0.1) is 5.10 Å². The normalized spacial score (nSPS) is 15.9. The van der Waals surface area contributed by atoms with Crippen LogP contribution in [0.4, 0.5) is 5.69 Å². The summed E-state index contributed by atoms with van der Waals surface area (Å²) in [5.41, 5.74) is 9.67. The first kappa shape index (κ1) is 14.5. The predicted molar refractivity (Wildman–Crippen MR) is 78.0 cm³/mol. The average molecular weight is 343 g/mol. The summed E-state index contributed by atoms with van der Waals surface area (Å²) in [7, 11) is 2.97. The molecule has 4 N–H and O–H groups in total. The molecule has 0 fully saturated rings. The van der Waals surface area contributed by atoms with Crippen molar-refractivity contribution in [2.45, 2.75) is 6.23 Å². The molecular formula is C12H15BrN4O3. The highest BCUT2D eigenvalue weighted by atomic mass is 79.9. The Balaban J connectivity index is 2.29. The number of methoxy groups -OCH3 is 2. The zero-order valence-corrected chi connectivity index (χ0v) is 12.6. The number of para-hydroxylation sites is 1. The van der Waals surface area contributed by atoms with Gasteiger partial charge < -0.3 is 20.3 Å². The van der Waals surface area contributed by atoms with Gasteiger partial charge in [-0.2, -0.15) is 5.12 Å². The number of nitrogens with zero attached hydrogens (tertiary/aromatic N) is 2. The van der Waals surface area contributed by atoms with Gasteiger partial charge in [-0.25, -0.2) is 5.43 Å². The largest absolute Gasteiger partial charge is 0.481 e. The van der Waals surface area contributed by atoms with Gasteiger partial charge in [0.25, 0.3) is 0 Å². The van der Waals surface area contributed by atoms with Gasteiger partial charge in [-0.3, -0.25) is 0 Å². The van der Waals surface area contributed by atoms with Gasteiger partial charge in [0.1, 0.15) is 0 Å². The van der Waals surface area contributed by atoms with Crippen LogP contribution in [-0.2, 0) is 9.47 Å². The van der Waals surface area contributed by atoms with Crippen molar-refractivity contribution < 1.29 is 14.6 Å². The first-order valence-corrected chi connectivity index (χ1v) is 6.52. The van der Waals surface area contributed by atoms with Crippen molar-refractivity contribution in [3.8, 4) is 0 Å². The number of benzene rings is 1. The van der Waals surface area contributed by atoms with Crippen molar-refractivity contribution >= 4 is 27.5 Å². The third-order valence-corrected chi connectivity index (χ3v) is 3.40. The minimum absolute atomic E-state index is 0.299. The highest BCUT2D eigenvalue weighted by Crippen LogP contribution is 2.30. The molecule has 0 amide bonds. The minimum Gasteiger partial charge on any atom is -0.481 e. The molecule has 0 aromatic heterocycles. The van der Waals surface area contributed by atoms with E-state index >= 15 is 0 Å². The fourth-order valence-corrected chi connectivity index (χ4v) is 2.03. The molecule has 0 saturated heterocycles. The SMILES string of the molecule is COC1=CC(OC)=NN(C(O)c2cccc(Br)c2N)N1. The van der Waals surface area contributed by atoms with Crippen molar-refractivity contribution in [2.24, 2.45) is 5.10 Å². The summed E-state index contributed by atoms with van der Waals surface area (Å²) in [5, 5.41) is 15.7. The van der Waals surface area contributed by atoms with E-state index in [2.05, 4.69) is 26.5 Å². The minimum atomic E-state index is -1.10. The second-order valence-corrected chi connectivity index (χ2v) is 4.78. The van der Waals surface area contributed by atoms with E-state index in [1.165, 1.54) is 19.3 Å². The maximum absolute atomic E-state index is 10.4. The third-order valence-electron chi connectivity index (χ3n) is 2.71. The molecule has 1 aliphatic rings. The molecule has 2 rings (SSSR count). The number of aliphatic hydroxyl groups excluding tert-OH is 1. The monoisotopic (exact) mass is 342 g/mol. The summed E-state index contributed by atoms with van der Waals surface area (Å²) in [6.07, 6.45) is 0.463. The van der Waals surface area contributed by atoms with Crippen LogP contribution in [0.15, 0.2) is 39.7 Å². The van der Waals surface area contributed by atoms with Crippen LogP contribution >= 0.6 is 15.9 Å². The zero-order valence-electron chi connectivity index (χ0n) is 11.0. The molecule has 8 heteroatoms. The van der Waals surface area contributed by atoms with Crippen LogP contribution in [0.1, 0.15) is 11.8 Å². The van der Waals surface area contributed by atoms with Gasteiger partial charge in [0.05, 0.1) is 26.0 Å². The van der Waals surface area contributed by atoms with Crippen molar-refractivity contribution in [2.75, 3.05) is 20.0 Å². The Hall–Kier alpha value is -1.93. The number of nitrogens with one attached hydrogen (secondary N) is 1. The van der Waals surface area contributed by atoms with E-state index in [1.807, 2.05) is 0 Å². The van der Waals surface area contributed by atoms with Gasteiger partial charge in [0.2, 0.25) is 11.8 Å². The number of aliphatic hydroxyl groups is 1. The summed E-state index contributed by atoms with van der Waals surface area (Å²) in [6.45, 7) is 0. The number of rotatable bonds is 3. The molecule has 1 unspecified atom stereocenters. The number of anilines is 1. The Morgan fingerprint density at radius 3 is 2.80 bits per heavy atom. The van der Waals surface area contributed by atoms with Gasteiger partial charge >= 0.3 is 0 Å². The van der Waals surface area contributed by atoms with Crippen molar-refractivity contribution in [1.82, 2.24) is 10.5 Å². The molecule has 1 aromatic carbocycles. The topological polar surface area (TPSA) is 92.3 Å². The molecule has 7 nitrogen and oxygen atoms in total. The van der Waals surface area contributed by atoms with E-state index < -0.39 is 6.23 Å². The summed E-state index contributed by atoms with van der Waals surface area (Å²) in [5.74, 6) is 0.692. The van der Waals surface area contributed by atoms with E-state index in [9.17, 15) is 5.11 Å². The molecule has 0 saturated carbocycles. The van der Waals surface area contributed by atoms with Crippen LogP contribution in [0.25, 0.3) is 0 Å². The molecule has 0 radical (unpaired) electrons. The van der Waals surface area contributed by atoms with Gasteiger partial charge in [0.15, 0.2) is 6.23 Å². The Bertz CT molecular complexity index is 562. The van der Waals surface area contributed by atoms with Gasteiger partial charge in [0, 0.05) is 10.0 Å². The lowest BCUT2D eigenvalue weighted by molar-refractivity contribution is -0.0416. The van der Waals surface area contributed by atoms with E-state index in [1.54, 1.807) is 24.3 Å². The number of hydrazone groups is 1. The Morgan fingerprint density at radius 1 is 1.40 bits per heavy atom. The van der Waals surface area contributed by atoms with Crippen LogP contribution < -0.4 is 11.2 Å². The van der Waals surface area contributed by atoms with Crippen molar-refractivity contribution in [1.29, 1.82) is 0 Å². The Kier molecular flexibility index (Phi) is 4.35. The lowest BCUT2D eigenvalue weighted by atomic mass is 10.1. The first-order chi connectivity index (χ1) is 9.56. The lowest BCUT2D eigenvalue weighted by Gasteiger charge is -2.30. The number of ether oxygens (including phenoxy) is 2. The quantitative estimate of drug-likeness (QED) is 0.717. The van der Waals surface area contributed by atoms with E-state index in [0.717, 1.165) is 0 Å². The molecule has 108 valence electrons. The molecule has 1 heterocycles. The molecule has 20 heavy (non-hydrogen) atoms. The second kappa shape index (κ2) is 6.02. The maximum atomic E-state index is 10.4. The lowest BCUT2D eigenvalue weighted by Crippen LogP contribution is -2.40. The smallest absolute Gasteiger partial charge is 0.238 e. The summed E-state index contributed by atoms with van der Waals surface area (Å²) >= 11 is 3.32. The highest BCUT2D eigenvalue weighted by molar-refractivity contribution is 9.10. The van der Waals surface area contributed by atoms with Crippen LogP contribution in [-0.4, -0.2) is 30.3 Å². The van der Waals surface area contributed by atoms with Gasteiger partial charge in [-0.05, 0) is 22.0 Å². The second-order valence-electron chi connectivity index (χ2n) is 3.93. The Morgan fingerprint density at radius 2 is 2.15 bits per heavy atom. The number of halogens is 1. The van der Waals surface area contributed by atoms with Crippen LogP contribution in [0.2, 0.25) is 0 Å². The van der Waals surface area contributed by atoms with Crippen LogP contribution in [0.5, 0.6) is 0 Å². The fourth-order valence-electron chi connectivity index (χ4n) is 1.65. The third kappa shape index (κ3) is 2.81. The van der Waals surface area contributed by atoms with Crippen molar-refractivity contribution in [3.63, 3.8) is 0 Å². The predicted octanol–water partition coefficient (Wildman–Crippen LogP) is 1.29. The number of nitrogens with two attached hydrogens (primary N) is 1. The summed E-state index contributed by atoms with van der Waals surface area (Å²) in [6, 6.07) is 5.27.